The van der Waals surface area contributed by atoms with E-state index in [0.29, 0.717) is 0 Å². The first-order valence-electron chi connectivity index (χ1n) is 22.3. The summed E-state index contributed by atoms with van der Waals surface area (Å²) < 4.78 is 0. The molecule has 0 aromatic carbocycles. The Morgan fingerprint density at radius 1 is 0.156 bits per heavy atom. The van der Waals surface area contributed by atoms with Crippen LogP contribution in [0.4, 0.5) is 0 Å². The molecule has 252 valence electrons. The first-order chi connectivity index (χ1) is 22.3. The topological polar surface area (TPSA) is 0 Å². The zero-order chi connectivity index (χ0) is 29.5. The van der Waals surface area contributed by atoms with Gasteiger partial charge in [-0.05, 0) is 222 Å². The standard InChI is InChI=1S/C45H72/c1-2-8-28(9-3-1)30-17-21-40-41-23-19-33(27-45(41)44(40)25-30)34-20-16-29-14-15-31(24-42(29)34)32-18-22-39-37-12-5-4-10-35(37)36-11-6-7-13-38(36)43(39)26-32/h28-45H,1-27H2. The van der Waals surface area contributed by atoms with E-state index in [1.165, 1.54) is 30.1 Å². The number of rotatable bonds is 3. The van der Waals surface area contributed by atoms with Crippen molar-refractivity contribution in [2.24, 2.45) is 107 Å². The molecule has 0 N–H and O–H groups in total. The third kappa shape index (κ3) is 5.13. The summed E-state index contributed by atoms with van der Waals surface area (Å²) in [5.74, 6) is 20.7. The van der Waals surface area contributed by atoms with E-state index in [4.69, 9.17) is 0 Å². The van der Waals surface area contributed by atoms with E-state index >= 15 is 0 Å². The van der Waals surface area contributed by atoms with Crippen LogP contribution < -0.4 is 0 Å². The summed E-state index contributed by atoms with van der Waals surface area (Å²) in [6, 6.07) is 0. The highest BCUT2D eigenvalue weighted by atomic mass is 14.6. The Bertz CT molecular complexity index is 1010. The minimum absolute atomic E-state index is 1.12. The van der Waals surface area contributed by atoms with Crippen LogP contribution in [0.15, 0.2) is 0 Å². The summed E-state index contributed by atoms with van der Waals surface area (Å²) in [6.45, 7) is 0. The van der Waals surface area contributed by atoms with Gasteiger partial charge in [-0.15, -0.1) is 0 Å². The van der Waals surface area contributed by atoms with Gasteiger partial charge in [-0.1, -0.05) is 57.8 Å². The molecule has 10 rings (SSSR count). The van der Waals surface area contributed by atoms with Gasteiger partial charge < -0.3 is 0 Å². The van der Waals surface area contributed by atoms with Crippen LogP contribution >= 0.6 is 0 Å². The van der Waals surface area contributed by atoms with Crippen molar-refractivity contribution in [3.8, 4) is 0 Å². The number of hydrogen-bond donors (Lipinski definition) is 0. The van der Waals surface area contributed by atoms with E-state index in [1.54, 1.807) is 167 Å². The molecule has 0 bridgehead atoms. The Balaban J connectivity index is 0.797. The molecule has 0 spiro atoms. The molecule has 0 aliphatic heterocycles. The van der Waals surface area contributed by atoms with E-state index in [-0.39, 0.29) is 0 Å². The molecule has 0 radical (unpaired) electrons. The molecule has 0 heterocycles. The Morgan fingerprint density at radius 2 is 0.489 bits per heavy atom. The minimum atomic E-state index is 1.12. The molecule has 0 heteroatoms. The van der Waals surface area contributed by atoms with Crippen molar-refractivity contribution in [3.63, 3.8) is 0 Å². The predicted molar refractivity (Wildman–Crippen MR) is 187 cm³/mol. The Labute approximate surface area is 279 Å². The first kappa shape index (κ1) is 29.9. The molecular weight excluding hydrogens is 540 g/mol. The predicted octanol–water partition coefficient (Wildman–Crippen LogP) is 12.7. The van der Waals surface area contributed by atoms with E-state index in [9.17, 15) is 0 Å². The molecule has 0 nitrogen and oxygen atoms in total. The van der Waals surface area contributed by atoms with Crippen molar-refractivity contribution in [2.75, 3.05) is 0 Å². The van der Waals surface area contributed by atoms with E-state index < -0.39 is 0 Å². The normalized spacial score (nSPS) is 56.4. The smallest absolute Gasteiger partial charge is 0.0349 e. The summed E-state index contributed by atoms with van der Waals surface area (Å²) in [4.78, 5) is 0. The molecule has 17 unspecified atom stereocenters. The van der Waals surface area contributed by atoms with Crippen LogP contribution in [0.1, 0.15) is 173 Å². The fourth-order valence-electron chi connectivity index (χ4n) is 17.9. The van der Waals surface area contributed by atoms with Crippen LogP contribution in [0, 0.1) is 107 Å². The van der Waals surface area contributed by atoms with Crippen LogP contribution in [0.2, 0.25) is 0 Å². The van der Waals surface area contributed by atoms with Gasteiger partial charge in [0.25, 0.3) is 0 Å². The zero-order valence-electron chi connectivity index (χ0n) is 29.5. The van der Waals surface area contributed by atoms with Crippen molar-refractivity contribution in [2.45, 2.75) is 173 Å². The second-order valence-electron chi connectivity index (χ2n) is 20.6. The molecule has 0 saturated heterocycles. The molecule has 0 aromatic heterocycles. The monoisotopic (exact) mass is 613 g/mol. The van der Waals surface area contributed by atoms with Gasteiger partial charge in [0.2, 0.25) is 0 Å². The van der Waals surface area contributed by atoms with Crippen molar-refractivity contribution >= 4 is 0 Å². The van der Waals surface area contributed by atoms with Gasteiger partial charge in [0.1, 0.15) is 0 Å². The number of fused-ring (bicyclic) bond motifs is 11. The summed E-state index contributed by atoms with van der Waals surface area (Å²) in [5, 5.41) is 0. The third-order valence-corrected chi connectivity index (χ3v) is 19.6. The molecule has 10 fully saturated rings. The Kier molecular flexibility index (Phi) is 8.23. The molecule has 10 saturated carbocycles. The SMILES string of the molecule is C1CCC(C2CCC3C4CCC(C5CCC6CCC(C7CCC8C9CCCCC9C9CCCCC9C8C7)CC65)CC4C3C2)CC1. The maximum absolute atomic E-state index is 1.70. The second-order valence-corrected chi connectivity index (χ2v) is 20.6. The first-order valence-corrected chi connectivity index (χ1v) is 22.3. The Morgan fingerprint density at radius 3 is 1.09 bits per heavy atom. The van der Waals surface area contributed by atoms with E-state index in [0.717, 1.165) is 82.9 Å². The largest absolute Gasteiger partial charge is 0.0533 e. The van der Waals surface area contributed by atoms with Gasteiger partial charge in [0, 0.05) is 0 Å². The summed E-state index contributed by atoms with van der Waals surface area (Å²) in [7, 11) is 0. The van der Waals surface area contributed by atoms with Crippen LogP contribution in [-0.4, -0.2) is 0 Å². The highest BCUT2D eigenvalue weighted by Gasteiger charge is 2.57. The van der Waals surface area contributed by atoms with Crippen LogP contribution in [0.5, 0.6) is 0 Å². The molecular formula is C45H72. The van der Waals surface area contributed by atoms with Crippen LogP contribution in [0.25, 0.3) is 0 Å². The van der Waals surface area contributed by atoms with Gasteiger partial charge in [0.15, 0.2) is 0 Å². The lowest BCUT2D eigenvalue weighted by atomic mass is 9.44. The quantitative estimate of drug-likeness (QED) is 0.297. The molecule has 45 heavy (non-hydrogen) atoms. The molecule has 0 aromatic rings. The summed E-state index contributed by atoms with van der Waals surface area (Å²) >= 11 is 0. The average molecular weight is 613 g/mol. The Hall–Kier alpha value is 0. The third-order valence-electron chi connectivity index (χ3n) is 19.6. The maximum atomic E-state index is 1.70. The molecule has 17 atom stereocenters. The van der Waals surface area contributed by atoms with Crippen molar-refractivity contribution in [1.82, 2.24) is 0 Å². The second kappa shape index (κ2) is 12.4. The lowest BCUT2D eigenvalue weighted by molar-refractivity contribution is -0.120. The maximum Gasteiger partial charge on any atom is -0.0349 e. The van der Waals surface area contributed by atoms with Gasteiger partial charge in [-0.3, -0.25) is 0 Å². The highest BCUT2D eigenvalue weighted by Crippen LogP contribution is 2.66. The van der Waals surface area contributed by atoms with Crippen LogP contribution in [0.3, 0.4) is 0 Å². The molecule has 10 aliphatic rings. The van der Waals surface area contributed by atoms with Gasteiger partial charge >= 0.3 is 0 Å². The summed E-state index contributed by atoms with van der Waals surface area (Å²) in [5.41, 5.74) is 0. The van der Waals surface area contributed by atoms with E-state index in [1.807, 2.05) is 0 Å². The van der Waals surface area contributed by atoms with Gasteiger partial charge in [0.05, 0.1) is 0 Å². The van der Waals surface area contributed by atoms with E-state index in [2.05, 4.69) is 0 Å². The fourth-order valence-corrected chi connectivity index (χ4v) is 17.9. The minimum Gasteiger partial charge on any atom is -0.0533 e. The lowest BCUT2D eigenvalue weighted by Crippen LogP contribution is -2.53. The van der Waals surface area contributed by atoms with Gasteiger partial charge in [-0.25, -0.2) is 0 Å². The summed E-state index contributed by atoms with van der Waals surface area (Å²) in [6.07, 6.45) is 43.8. The van der Waals surface area contributed by atoms with Crippen LogP contribution in [-0.2, 0) is 0 Å². The van der Waals surface area contributed by atoms with Gasteiger partial charge in [-0.2, -0.15) is 0 Å². The lowest BCUT2D eigenvalue weighted by Gasteiger charge is -2.61. The molecule has 10 aliphatic carbocycles. The zero-order valence-corrected chi connectivity index (χ0v) is 29.5. The fraction of sp³-hybridized carbons (Fsp3) is 1.00. The van der Waals surface area contributed by atoms with Crippen molar-refractivity contribution in [3.05, 3.63) is 0 Å². The average Bonchev–Trinajstić information content (AvgIpc) is 3.54. The van der Waals surface area contributed by atoms with Crippen molar-refractivity contribution in [1.29, 1.82) is 0 Å². The molecule has 0 amide bonds. The highest BCUT2D eigenvalue weighted by molar-refractivity contribution is 5.07. The number of hydrogen-bond acceptors (Lipinski definition) is 0. The van der Waals surface area contributed by atoms with Crippen molar-refractivity contribution < 1.29 is 0 Å².